The zero-order valence-corrected chi connectivity index (χ0v) is 31.3. The van der Waals surface area contributed by atoms with Crippen LogP contribution >= 0.6 is 0 Å². The number of hydrogen-bond donors (Lipinski definition) is 0. The van der Waals surface area contributed by atoms with E-state index in [1.165, 1.54) is 54.1 Å². The summed E-state index contributed by atoms with van der Waals surface area (Å²) in [6.07, 6.45) is 0. The molecule has 270 valence electrons. The van der Waals surface area contributed by atoms with Crippen LogP contribution in [0.1, 0.15) is 0 Å². The van der Waals surface area contributed by atoms with Crippen LogP contribution in [0.2, 0.25) is 0 Å². The summed E-state index contributed by atoms with van der Waals surface area (Å²) in [5.41, 5.74) is 9.62. The molecule has 5 nitrogen and oxygen atoms in total. The first kappa shape index (κ1) is 32.4. The first-order valence-electron chi connectivity index (χ1n) is 19.6. The molecule has 0 radical (unpaired) electrons. The molecule has 12 aromatic rings. The van der Waals surface area contributed by atoms with Crippen molar-refractivity contribution in [3.05, 3.63) is 200 Å². The molecule has 3 heterocycles. The zero-order valence-electron chi connectivity index (χ0n) is 31.3. The van der Waals surface area contributed by atoms with Gasteiger partial charge >= 0.3 is 0 Å². The van der Waals surface area contributed by atoms with E-state index in [1.54, 1.807) is 0 Å². The Labute approximate surface area is 333 Å². The first-order chi connectivity index (χ1) is 28.7. The summed E-state index contributed by atoms with van der Waals surface area (Å²) in [6, 6.07) is 71.1. The maximum Gasteiger partial charge on any atom is 0.164 e. The van der Waals surface area contributed by atoms with Crippen molar-refractivity contribution in [1.29, 1.82) is 0 Å². The van der Waals surface area contributed by atoms with Crippen LogP contribution in [-0.2, 0) is 0 Å². The van der Waals surface area contributed by atoms with Crippen molar-refractivity contribution in [3.8, 4) is 45.5 Å². The average Bonchev–Trinajstić information content (AvgIpc) is 3.79. The monoisotopic (exact) mass is 739 g/mol. The molecule has 0 unspecified atom stereocenters. The van der Waals surface area contributed by atoms with E-state index in [4.69, 9.17) is 15.0 Å². The van der Waals surface area contributed by atoms with Gasteiger partial charge < -0.3 is 9.13 Å². The van der Waals surface area contributed by atoms with E-state index in [-0.39, 0.29) is 0 Å². The lowest BCUT2D eigenvalue weighted by Crippen LogP contribution is -2.01. The smallest absolute Gasteiger partial charge is 0.164 e. The standard InChI is InChI=1S/C53H33N5/c1-3-14-34(15-4-1)51-54-52(35-16-5-2-6-17-35)56-53(55-51)40-22-13-23-41(28-40)57-48-27-26-42(33-46(48)45-30-37-19-8-10-21-39(37)32-50(45)57)58-47-25-12-11-24-43(47)44-29-36-18-7-9-20-38(36)31-49(44)58/h1-33H. The molecular formula is C53H33N5. The quantitative estimate of drug-likeness (QED) is 0.177. The summed E-state index contributed by atoms with van der Waals surface area (Å²) in [5.74, 6) is 1.91. The van der Waals surface area contributed by atoms with E-state index >= 15 is 0 Å². The minimum absolute atomic E-state index is 0.627. The van der Waals surface area contributed by atoms with Crippen LogP contribution in [0.4, 0.5) is 0 Å². The molecule has 0 bridgehead atoms. The molecule has 5 heteroatoms. The molecule has 0 saturated carbocycles. The Morgan fingerprint density at radius 3 is 1.29 bits per heavy atom. The third-order valence-corrected chi connectivity index (χ3v) is 11.5. The Morgan fingerprint density at radius 2 is 0.690 bits per heavy atom. The van der Waals surface area contributed by atoms with Crippen molar-refractivity contribution in [2.75, 3.05) is 0 Å². The third-order valence-electron chi connectivity index (χ3n) is 11.5. The molecule has 0 N–H and O–H groups in total. The molecule has 3 aromatic heterocycles. The number of aromatic nitrogens is 5. The normalized spacial score (nSPS) is 11.8. The topological polar surface area (TPSA) is 48.5 Å². The summed E-state index contributed by atoms with van der Waals surface area (Å²) in [7, 11) is 0. The SMILES string of the molecule is c1ccc(-c2nc(-c3ccccc3)nc(-c3cccc(-n4c5ccc(-n6c7ccccc7c7cc8ccccc8cc76)cc5c5cc6ccccc6cc54)c3)n2)cc1. The molecule has 0 aliphatic rings. The summed E-state index contributed by atoms with van der Waals surface area (Å²) in [4.78, 5) is 15.1. The predicted octanol–water partition coefficient (Wildman–Crippen LogP) is 13.4. The van der Waals surface area contributed by atoms with Crippen LogP contribution in [0, 0.1) is 0 Å². The number of nitrogens with zero attached hydrogens (tertiary/aromatic N) is 5. The lowest BCUT2D eigenvalue weighted by molar-refractivity contribution is 1.07. The Balaban J connectivity index is 1.09. The van der Waals surface area contributed by atoms with Crippen molar-refractivity contribution < 1.29 is 0 Å². The van der Waals surface area contributed by atoms with Gasteiger partial charge in [0.1, 0.15) is 0 Å². The van der Waals surface area contributed by atoms with E-state index in [1.807, 2.05) is 60.7 Å². The van der Waals surface area contributed by atoms with Crippen LogP contribution in [0.15, 0.2) is 200 Å². The van der Waals surface area contributed by atoms with Gasteiger partial charge in [0.05, 0.1) is 22.1 Å². The molecule has 0 atom stereocenters. The fraction of sp³-hybridized carbons (Fsp3) is 0. The Hall–Kier alpha value is -7.89. The average molecular weight is 740 g/mol. The molecule has 12 rings (SSSR count). The zero-order chi connectivity index (χ0) is 38.2. The van der Waals surface area contributed by atoms with Gasteiger partial charge in [0, 0.05) is 49.6 Å². The van der Waals surface area contributed by atoms with E-state index in [9.17, 15) is 0 Å². The van der Waals surface area contributed by atoms with Crippen molar-refractivity contribution in [3.63, 3.8) is 0 Å². The molecule has 0 aliphatic heterocycles. The Bertz CT molecular complexity index is 3510. The van der Waals surface area contributed by atoms with Gasteiger partial charge in [-0.25, -0.2) is 15.0 Å². The minimum Gasteiger partial charge on any atom is -0.309 e. The molecule has 0 amide bonds. The van der Waals surface area contributed by atoms with Gasteiger partial charge in [0.2, 0.25) is 0 Å². The Kier molecular flexibility index (Phi) is 7.16. The summed E-state index contributed by atoms with van der Waals surface area (Å²) in [5, 5.41) is 9.77. The highest BCUT2D eigenvalue weighted by Crippen LogP contribution is 2.40. The maximum absolute atomic E-state index is 5.06. The van der Waals surface area contributed by atoms with Crippen molar-refractivity contribution in [2.24, 2.45) is 0 Å². The minimum atomic E-state index is 0.627. The van der Waals surface area contributed by atoms with Crippen molar-refractivity contribution >= 4 is 65.2 Å². The first-order valence-corrected chi connectivity index (χ1v) is 19.6. The van der Waals surface area contributed by atoms with Crippen LogP contribution in [0.3, 0.4) is 0 Å². The second-order valence-corrected chi connectivity index (χ2v) is 14.9. The van der Waals surface area contributed by atoms with E-state index < -0.39 is 0 Å². The van der Waals surface area contributed by atoms with Gasteiger partial charge in [-0.3, -0.25) is 0 Å². The molecular weight excluding hydrogens is 707 g/mol. The number of rotatable bonds is 5. The highest BCUT2D eigenvalue weighted by Gasteiger charge is 2.19. The fourth-order valence-corrected chi connectivity index (χ4v) is 8.77. The second kappa shape index (κ2) is 12.8. The lowest BCUT2D eigenvalue weighted by atomic mass is 10.1. The number of fused-ring (bicyclic) bond motifs is 8. The second-order valence-electron chi connectivity index (χ2n) is 14.9. The van der Waals surface area contributed by atoms with E-state index in [0.29, 0.717) is 17.5 Å². The lowest BCUT2D eigenvalue weighted by Gasteiger charge is -2.12. The number of benzene rings is 9. The summed E-state index contributed by atoms with van der Waals surface area (Å²) in [6.45, 7) is 0. The largest absolute Gasteiger partial charge is 0.309 e. The summed E-state index contributed by atoms with van der Waals surface area (Å²) < 4.78 is 4.82. The third kappa shape index (κ3) is 5.14. The van der Waals surface area contributed by atoms with Crippen LogP contribution in [-0.4, -0.2) is 24.1 Å². The van der Waals surface area contributed by atoms with Crippen LogP contribution < -0.4 is 0 Å². The van der Waals surface area contributed by atoms with Gasteiger partial charge in [-0.2, -0.15) is 0 Å². The number of hydrogen-bond acceptors (Lipinski definition) is 3. The van der Waals surface area contributed by atoms with E-state index in [2.05, 4.69) is 149 Å². The van der Waals surface area contributed by atoms with Gasteiger partial charge in [-0.05, 0) is 82.2 Å². The van der Waals surface area contributed by atoms with Gasteiger partial charge in [-0.15, -0.1) is 0 Å². The molecule has 9 aromatic carbocycles. The fourth-order valence-electron chi connectivity index (χ4n) is 8.77. The van der Waals surface area contributed by atoms with Crippen LogP contribution in [0.25, 0.3) is 111 Å². The summed E-state index contributed by atoms with van der Waals surface area (Å²) >= 11 is 0. The van der Waals surface area contributed by atoms with Crippen molar-refractivity contribution in [2.45, 2.75) is 0 Å². The molecule has 0 aliphatic carbocycles. The van der Waals surface area contributed by atoms with Gasteiger partial charge in [0.15, 0.2) is 17.5 Å². The van der Waals surface area contributed by atoms with E-state index in [0.717, 1.165) is 39.1 Å². The highest BCUT2D eigenvalue weighted by atomic mass is 15.0. The molecule has 0 spiro atoms. The van der Waals surface area contributed by atoms with Gasteiger partial charge in [0.25, 0.3) is 0 Å². The Morgan fingerprint density at radius 1 is 0.259 bits per heavy atom. The highest BCUT2D eigenvalue weighted by molar-refractivity contribution is 6.16. The molecule has 0 fully saturated rings. The molecule has 0 saturated heterocycles. The predicted molar refractivity (Wildman–Crippen MR) is 240 cm³/mol. The van der Waals surface area contributed by atoms with Crippen LogP contribution in [0.5, 0.6) is 0 Å². The molecule has 58 heavy (non-hydrogen) atoms. The number of para-hydroxylation sites is 1. The van der Waals surface area contributed by atoms with Crippen molar-refractivity contribution in [1.82, 2.24) is 24.1 Å². The maximum atomic E-state index is 5.06. The van der Waals surface area contributed by atoms with Gasteiger partial charge in [-0.1, -0.05) is 140 Å².